The van der Waals surface area contributed by atoms with Gasteiger partial charge in [0.1, 0.15) is 0 Å². The van der Waals surface area contributed by atoms with E-state index in [1.165, 1.54) is 0 Å². The summed E-state index contributed by atoms with van der Waals surface area (Å²) in [5, 5.41) is 10.2. The van der Waals surface area contributed by atoms with Gasteiger partial charge in [0.15, 0.2) is 0 Å². The number of aliphatic hydroxyl groups excluding tert-OH is 1. The summed E-state index contributed by atoms with van der Waals surface area (Å²) >= 11 is 0. The molecule has 0 saturated heterocycles. The molecule has 1 rings (SSSR count). The minimum Gasteiger partial charge on any atom is -0.466 e. The smallest absolute Gasteiger partial charge is 0.311 e. The molecule has 17 heavy (non-hydrogen) atoms. The summed E-state index contributed by atoms with van der Waals surface area (Å²) in [5.41, 5.74) is 12.0. The molecule has 5 nitrogen and oxygen atoms in total. The van der Waals surface area contributed by atoms with Gasteiger partial charge < -0.3 is 21.3 Å². The van der Waals surface area contributed by atoms with Crippen molar-refractivity contribution < 1.29 is 14.6 Å². The van der Waals surface area contributed by atoms with Gasteiger partial charge in [0.25, 0.3) is 0 Å². The van der Waals surface area contributed by atoms with E-state index >= 15 is 0 Å². The predicted molar refractivity (Wildman–Crippen MR) is 65.0 cm³/mol. The monoisotopic (exact) mass is 244 g/mol. The molecule has 0 radical (unpaired) electrons. The Kier molecular flexibility index (Phi) is 4.91. The molecule has 0 aromatic heterocycles. The van der Waals surface area contributed by atoms with Gasteiger partial charge in [-0.25, -0.2) is 0 Å². The van der Waals surface area contributed by atoms with Gasteiger partial charge in [-0.15, -0.1) is 0 Å². The van der Waals surface area contributed by atoms with Crippen molar-refractivity contribution in [2.45, 2.75) is 45.4 Å². The van der Waals surface area contributed by atoms with Gasteiger partial charge in [-0.1, -0.05) is 13.8 Å². The predicted octanol–water partition coefficient (Wildman–Crippen LogP) is -0.143. The Balaban J connectivity index is 2.74. The summed E-state index contributed by atoms with van der Waals surface area (Å²) in [7, 11) is 0. The minimum absolute atomic E-state index is 0.195. The third-order valence-corrected chi connectivity index (χ3v) is 3.63. The van der Waals surface area contributed by atoms with Crippen molar-refractivity contribution in [3.05, 3.63) is 0 Å². The summed E-state index contributed by atoms with van der Waals surface area (Å²) in [6, 6.07) is -0.434. The molecule has 0 heterocycles. The van der Waals surface area contributed by atoms with Crippen LogP contribution in [0.1, 0.15) is 27.2 Å². The SMILES string of the molecule is CCOC(=O)C1CC(N)C(C(N)C(C)C)C1O. The maximum Gasteiger partial charge on any atom is 0.311 e. The highest BCUT2D eigenvalue weighted by atomic mass is 16.5. The van der Waals surface area contributed by atoms with Gasteiger partial charge in [-0.3, -0.25) is 4.79 Å². The van der Waals surface area contributed by atoms with Crippen LogP contribution in [0, 0.1) is 17.8 Å². The van der Waals surface area contributed by atoms with Crippen molar-refractivity contribution in [2.75, 3.05) is 6.61 Å². The fourth-order valence-electron chi connectivity index (χ4n) is 2.55. The molecule has 1 aliphatic rings. The van der Waals surface area contributed by atoms with Gasteiger partial charge in [0.2, 0.25) is 0 Å². The van der Waals surface area contributed by atoms with Gasteiger partial charge in [-0.05, 0) is 19.3 Å². The van der Waals surface area contributed by atoms with Crippen LogP contribution in [0.15, 0.2) is 0 Å². The molecule has 100 valence electrons. The number of hydrogen-bond donors (Lipinski definition) is 3. The first-order valence-electron chi connectivity index (χ1n) is 6.26. The molecule has 1 aliphatic carbocycles. The number of ether oxygens (including phenoxy) is 1. The highest BCUT2D eigenvalue weighted by molar-refractivity contribution is 5.73. The van der Waals surface area contributed by atoms with Crippen LogP contribution in [0.3, 0.4) is 0 Å². The van der Waals surface area contributed by atoms with E-state index in [4.69, 9.17) is 16.2 Å². The average Bonchev–Trinajstić information content (AvgIpc) is 2.53. The van der Waals surface area contributed by atoms with E-state index in [-0.39, 0.29) is 29.9 Å². The van der Waals surface area contributed by atoms with Gasteiger partial charge in [0, 0.05) is 18.0 Å². The Morgan fingerprint density at radius 2 is 2.12 bits per heavy atom. The summed E-state index contributed by atoms with van der Waals surface area (Å²) in [4.78, 5) is 11.7. The van der Waals surface area contributed by atoms with E-state index in [0.717, 1.165) is 0 Å². The molecule has 0 amide bonds. The van der Waals surface area contributed by atoms with Crippen LogP contribution in [-0.2, 0) is 9.53 Å². The topological polar surface area (TPSA) is 98.6 Å². The van der Waals surface area contributed by atoms with E-state index in [1.807, 2.05) is 13.8 Å². The maximum atomic E-state index is 11.7. The molecule has 0 bridgehead atoms. The molecule has 0 aromatic rings. The van der Waals surface area contributed by atoms with Crippen molar-refractivity contribution in [1.29, 1.82) is 0 Å². The van der Waals surface area contributed by atoms with Crippen LogP contribution >= 0.6 is 0 Å². The van der Waals surface area contributed by atoms with Crippen LogP contribution in [0.5, 0.6) is 0 Å². The molecule has 1 fully saturated rings. The van der Waals surface area contributed by atoms with Crippen molar-refractivity contribution in [2.24, 2.45) is 29.2 Å². The first kappa shape index (κ1) is 14.4. The van der Waals surface area contributed by atoms with Gasteiger partial charge in [0.05, 0.1) is 18.6 Å². The Labute approximate surface area is 102 Å². The third kappa shape index (κ3) is 2.97. The Bertz CT molecular complexity index is 270. The molecule has 5 heteroatoms. The average molecular weight is 244 g/mol. The van der Waals surface area contributed by atoms with E-state index in [1.54, 1.807) is 6.92 Å². The number of rotatable bonds is 4. The van der Waals surface area contributed by atoms with Crippen LogP contribution < -0.4 is 11.5 Å². The molecule has 0 aromatic carbocycles. The highest BCUT2D eigenvalue weighted by Crippen LogP contribution is 2.34. The lowest BCUT2D eigenvalue weighted by atomic mass is 9.85. The zero-order chi connectivity index (χ0) is 13.2. The minimum atomic E-state index is -0.790. The van der Waals surface area contributed by atoms with Gasteiger partial charge in [-0.2, -0.15) is 0 Å². The largest absolute Gasteiger partial charge is 0.466 e. The quantitative estimate of drug-likeness (QED) is 0.598. The number of carbonyl (C=O) groups excluding carboxylic acids is 1. The second kappa shape index (κ2) is 5.80. The lowest BCUT2D eigenvalue weighted by Crippen LogP contribution is -2.47. The van der Waals surface area contributed by atoms with Crippen LogP contribution in [-0.4, -0.2) is 35.9 Å². The van der Waals surface area contributed by atoms with Crippen LogP contribution in [0.25, 0.3) is 0 Å². The summed E-state index contributed by atoms with van der Waals surface area (Å²) in [6.45, 7) is 6.04. The van der Waals surface area contributed by atoms with Gasteiger partial charge >= 0.3 is 5.97 Å². The maximum absolute atomic E-state index is 11.7. The number of aliphatic hydroxyl groups is 1. The van der Waals surface area contributed by atoms with Crippen LogP contribution in [0.4, 0.5) is 0 Å². The molecule has 5 unspecified atom stereocenters. The van der Waals surface area contributed by atoms with E-state index in [9.17, 15) is 9.90 Å². The van der Waals surface area contributed by atoms with Crippen LogP contribution in [0.2, 0.25) is 0 Å². The second-order valence-electron chi connectivity index (χ2n) is 5.15. The van der Waals surface area contributed by atoms with E-state index in [0.29, 0.717) is 13.0 Å². The van der Waals surface area contributed by atoms with E-state index < -0.39 is 12.0 Å². The Morgan fingerprint density at radius 3 is 2.59 bits per heavy atom. The lowest BCUT2D eigenvalue weighted by molar-refractivity contribution is -0.151. The normalized spacial score (nSPS) is 35.0. The van der Waals surface area contributed by atoms with Crippen molar-refractivity contribution in [3.63, 3.8) is 0 Å². The summed E-state index contributed by atoms with van der Waals surface area (Å²) in [6.07, 6.45) is -0.341. The molecule has 0 aliphatic heterocycles. The molecule has 1 saturated carbocycles. The zero-order valence-electron chi connectivity index (χ0n) is 10.8. The molecular formula is C12H24N2O3. The summed E-state index contributed by atoms with van der Waals surface area (Å²) in [5.74, 6) is -0.903. The molecular weight excluding hydrogens is 220 g/mol. The zero-order valence-corrected chi connectivity index (χ0v) is 10.8. The number of carbonyl (C=O) groups is 1. The summed E-state index contributed by atoms with van der Waals surface area (Å²) < 4.78 is 4.94. The first-order chi connectivity index (χ1) is 7.90. The van der Waals surface area contributed by atoms with E-state index in [2.05, 4.69) is 0 Å². The first-order valence-corrected chi connectivity index (χ1v) is 6.26. The number of hydrogen-bond acceptors (Lipinski definition) is 5. The second-order valence-corrected chi connectivity index (χ2v) is 5.15. The third-order valence-electron chi connectivity index (χ3n) is 3.63. The lowest BCUT2D eigenvalue weighted by Gasteiger charge is -2.29. The highest BCUT2D eigenvalue weighted by Gasteiger charge is 2.47. The Morgan fingerprint density at radius 1 is 1.53 bits per heavy atom. The van der Waals surface area contributed by atoms with Crippen molar-refractivity contribution >= 4 is 5.97 Å². The molecule has 5 N–H and O–H groups in total. The Hall–Kier alpha value is -0.650. The van der Waals surface area contributed by atoms with Crippen molar-refractivity contribution in [1.82, 2.24) is 0 Å². The number of nitrogens with two attached hydrogens (primary N) is 2. The molecule has 0 spiro atoms. The molecule has 5 atom stereocenters. The number of esters is 1. The standard InChI is InChI=1S/C12H24N2O3/c1-4-17-12(16)7-5-8(13)9(11(7)15)10(14)6(2)3/h6-11,15H,4-5,13-14H2,1-3H3. The fraction of sp³-hybridized carbons (Fsp3) is 0.917. The fourth-order valence-corrected chi connectivity index (χ4v) is 2.55. The van der Waals surface area contributed by atoms with Crippen molar-refractivity contribution in [3.8, 4) is 0 Å².